The first-order chi connectivity index (χ1) is 18.7. The van der Waals surface area contributed by atoms with Crippen LogP contribution < -0.4 is 0 Å². The van der Waals surface area contributed by atoms with E-state index in [0.717, 1.165) is 18.8 Å². The van der Waals surface area contributed by atoms with Gasteiger partial charge in [0, 0.05) is 6.42 Å². The van der Waals surface area contributed by atoms with Crippen LogP contribution in [-0.2, 0) is 9.53 Å². The highest BCUT2D eigenvalue weighted by atomic mass is 16.5. The monoisotopic (exact) mass is 535 g/mol. The quantitative estimate of drug-likeness (QED) is 0.0502. The number of unbranched alkanes of at least 4 members (excludes halogenated alkanes) is 23. The summed E-state index contributed by atoms with van der Waals surface area (Å²) in [5.41, 5.74) is 0. The second-order valence-corrected chi connectivity index (χ2v) is 12.3. The van der Waals surface area contributed by atoms with Crippen molar-refractivity contribution in [2.45, 2.75) is 201 Å². The zero-order chi connectivity index (χ0) is 27.8. The van der Waals surface area contributed by atoms with Crippen molar-refractivity contribution in [1.82, 2.24) is 0 Å². The third kappa shape index (κ3) is 33.2. The van der Waals surface area contributed by atoms with E-state index in [9.17, 15) is 4.79 Å². The summed E-state index contributed by atoms with van der Waals surface area (Å²) >= 11 is 0. The van der Waals surface area contributed by atoms with Gasteiger partial charge in [-0.2, -0.15) is 0 Å². The van der Waals surface area contributed by atoms with Crippen LogP contribution in [0.1, 0.15) is 201 Å². The van der Waals surface area contributed by atoms with Gasteiger partial charge in [0.05, 0.1) is 6.61 Å². The maximum absolute atomic E-state index is 11.9. The Balaban J connectivity index is 3.18. The third-order valence-electron chi connectivity index (χ3n) is 7.83. The molecule has 0 amide bonds. The summed E-state index contributed by atoms with van der Waals surface area (Å²) in [6.45, 7) is 7.56. The summed E-state index contributed by atoms with van der Waals surface area (Å²) in [6.07, 6.45) is 41.2. The number of carbonyl (C=O) groups is 1. The normalized spacial score (nSPS) is 11.7. The van der Waals surface area contributed by atoms with Crippen LogP contribution in [-0.4, -0.2) is 12.6 Å². The molecule has 0 aromatic rings. The fraction of sp³-hybridized carbons (Fsp3) is 0.917. The maximum atomic E-state index is 11.9. The fourth-order valence-electron chi connectivity index (χ4n) is 5.20. The molecule has 0 unspecified atom stereocenters. The zero-order valence-electron chi connectivity index (χ0n) is 26.6. The predicted octanol–water partition coefficient (Wildman–Crippen LogP) is 12.7. The van der Waals surface area contributed by atoms with Gasteiger partial charge in [-0.3, -0.25) is 4.79 Å². The highest BCUT2D eigenvalue weighted by Gasteiger charge is 2.02. The highest BCUT2D eigenvalue weighted by Crippen LogP contribution is 2.15. The Hall–Kier alpha value is -0.790. The van der Waals surface area contributed by atoms with Crippen molar-refractivity contribution in [3.8, 4) is 0 Å². The first kappa shape index (κ1) is 37.2. The lowest BCUT2D eigenvalue weighted by Crippen LogP contribution is -2.05. The molecule has 0 aliphatic heterocycles. The standard InChI is InChI=1S/C36H70O2/c1-4-5-6-7-8-9-10-11-12-15-18-21-24-27-30-33-36(37)38-34-31-28-25-22-19-16-13-14-17-20-23-26-29-32-35(2)3/h9-10,35H,4-8,11-34H2,1-3H3/b10-9+. The van der Waals surface area contributed by atoms with E-state index in [0.29, 0.717) is 13.0 Å². The maximum Gasteiger partial charge on any atom is 0.305 e. The summed E-state index contributed by atoms with van der Waals surface area (Å²) in [5.74, 6) is 0.892. The first-order valence-corrected chi connectivity index (χ1v) is 17.5. The molecule has 2 heteroatoms. The molecule has 0 aliphatic carbocycles. The number of esters is 1. The molecule has 0 aromatic carbocycles. The van der Waals surface area contributed by atoms with Crippen LogP contribution in [0.4, 0.5) is 0 Å². The molecular weight excluding hydrogens is 464 g/mol. The van der Waals surface area contributed by atoms with E-state index < -0.39 is 0 Å². The first-order valence-electron chi connectivity index (χ1n) is 17.5. The van der Waals surface area contributed by atoms with Crippen LogP contribution in [0.3, 0.4) is 0 Å². The van der Waals surface area contributed by atoms with Crippen molar-refractivity contribution < 1.29 is 9.53 Å². The van der Waals surface area contributed by atoms with Gasteiger partial charge in [-0.05, 0) is 44.4 Å². The van der Waals surface area contributed by atoms with Crippen molar-refractivity contribution in [2.24, 2.45) is 5.92 Å². The van der Waals surface area contributed by atoms with Gasteiger partial charge in [-0.25, -0.2) is 0 Å². The third-order valence-corrected chi connectivity index (χ3v) is 7.83. The van der Waals surface area contributed by atoms with Crippen molar-refractivity contribution in [2.75, 3.05) is 6.61 Å². The van der Waals surface area contributed by atoms with Gasteiger partial charge in [0.25, 0.3) is 0 Å². The fourth-order valence-corrected chi connectivity index (χ4v) is 5.20. The van der Waals surface area contributed by atoms with Crippen LogP contribution in [0.25, 0.3) is 0 Å². The minimum atomic E-state index is 0.0198. The van der Waals surface area contributed by atoms with E-state index in [1.807, 2.05) is 0 Å². The Morgan fingerprint density at radius 3 is 1.39 bits per heavy atom. The molecule has 0 fully saturated rings. The van der Waals surface area contributed by atoms with Crippen molar-refractivity contribution in [3.63, 3.8) is 0 Å². The molecule has 0 radical (unpaired) electrons. The lowest BCUT2D eigenvalue weighted by Gasteiger charge is -2.06. The van der Waals surface area contributed by atoms with Crippen molar-refractivity contribution in [3.05, 3.63) is 12.2 Å². The molecule has 226 valence electrons. The number of allylic oxidation sites excluding steroid dienone is 2. The van der Waals surface area contributed by atoms with Gasteiger partial charge in [0.15, 0.2) is 0 Å². The van der Waals surface area contributed by atoms with E-state index in [2.05, 4.69) is 32.9 Å². The second kappa shape index (κ2) is 32.4. The Morgan fingerprint density at radius 2 is 0.921 bits per heavy atom. The van der Waals surface area contributed by atoms with Gasteiger partial charge >= 0.3 is 5.97 Å². The Bertz CT molecular complexity index is 482. The summed E-state index contributed by atoms with van der Waals surface area (Å²) in [4.78, 5) is 11.9. The zero-order valence-corrected chi connectivity index (χ0v) is 26.6. The Kier molecular flexibility index (Phi) is 31.7. The molecule has 0 aliphatic rings. The lowest BCUT2D eigenvalue weighted by atomic mass is 10.0. The van der Waals surface area contributed by atoms with Crippen LogP contribution in [0.2, 0.25) is 0 Å². The number of hydrogen-bond donors (Lipinski definition) is 0. The molecule has 2 nitrogen and oxygen atoms in total. The van der Waals surface area contributed by atoms with Crippen LogP contribution in [0.5, 0.6) is 0 Å². The molecule has 0 aromatic heterocycles. The topological polar surface area (TPSA) is 26.3 Å². The summed E-state index contributed by atoms with van der Waals surface area (Å²) < 4.78 is 5.43. The lowest BCUT2D eigenvalue weighted by molar-refractivity contribution is -0.143. The minimum absolute atomic E-state index is 0.0198. The van der Waals surface area contributed by atoms with Crippen molar-refractivity contribution in [1.29, 1.82) is 0 Å². The summed E-state index contributed by atoms with van der Waals surface area (Å²) in [7, 11) is 0. The molecule has 0 spiro atoms. The smallest absolute Gasteiger partial charge is 0.305 e. The van der Waals surface area contributed by atoms with Gasteiger partial charge in [0.2, 0.25) is 0 Å². The molecule has 0 atom stereocenters. The predicted molar refractivity (Wildman–Crippen MR) is 170 cm³/mol. The second-order valence-electron chi connectivity index (χ2n) is 12.3. The van der Waals surface area contributed by atoms with Gasteiger partial charge < -0.3 is 4.74 Å². The molecule has 0 saturated heterocycles. The van der Waals surface area contributed by atoms with Crippen molar-refractivity contribution >= 4 is 5.97 Å². The molecule has 38 heavy (non-hydrogen) atoms. The van der Waals surface area contributed by atoms with Crippen LogP contribution in [0.15, 0.2) is 12.2 Å². The van der Waals surface area contributed by atoms with Gasteiger partial charge in [0.1, 0.15) is 0 Å². The number of carbonyl (C=O) groups excluding carboxylic acids is 1. The molecule has 0 rings (SSSR count). The molecule has 0 bridgehead atoms. The van der Waals surface area contributed by atoms with E-state index in [4.69, 9.17) is 4.74 Å². The molecule has 0 saturated carbocycles. The van der Waals surface area contributed by atoms with E-state index in [1.165, 1.54) is 161 Å². The van der Waals surface area contributed by atoms with E-state index in [1.54, 1.807) is 0 Å². The highest BCUT2D eigenvalue weighted by molar-refractivity contribution is 5.69. The Labute approximate surface area is 240 Å². The largest absolute Gasteiger partial charge is 0.466 e. The number of hydrogen-bond acceptors (Lipinski definition) is 2. The average Bonchev–Trinajstić information content (AvgIpc) is 2.90. The molecule has 0 heterocycles. The molecular formula is C36H70O2. The van der Waals surface area contributed by atoms with Gasteiger partial charge in [-0.15, -0.1) is 0 Å². The number of rotatable bonds is 31. The average molecular weight is 535 g/mol. The minimum Gasteiger partial charge on any atom is -0.466 e. The van der Waals surface area contributed by atoms with Crippen LogP contribution in [0, 0.1) is 5.92 Å². The van der Waals surface area contributed by atoms with E-state index in [-0.39, 0.29) is 5.97 Å². The van der Waals surface area contributed by atoms with Gasteiger partial charge in [-0.1, -0.05) is 168 Å². The number of ether oxygens (including phenoxy) is 1. The Morgan fingerprint density at radius 1 is 0.526 bits per heavy atom. The summed E-state index contributed by atoms with van der Waals surface area (Å²) in [6, 6.07) is 0. The SMILES string of the molecule is CCCCCC/C=C/CCCCCCCCCC(=O)OCCCCCCCCCCCCCCCC(C)C. The summed E-state index contributed by atoms with van der Waals surface area (Å²) in [5, 5.41) is 0. The van der Waals surface area contributed by atoms with E-state index >= 15 is 0 Å². The molecule has 0 N–H and O–H groups in total. The van der Waals surface area contributed by atoms with Crippen LogP contribution >= 0.6 is 0 Å².